The van der Waals surface area contributed by atoms with Gasteiger partial charge in [-0.15, -0.1) is 0 Å². The van der Waals surface area contributed by atoms with Gasteiger partial charge in [-0.1, -0.05) is 6.42 Å². The van der Waals surface area contributed by atoms with Crippen molar-refractivity contribution in [3.63, 3.8) is 0 Å². The molecule has 6 nitrogen and oxygen atoms in total. The minimum Gasteiger partial charge on any atom is -0.394 e. The minimum atomic E-state index is -3.75. The van der Waals surface area contributed by atoms with Gasteiger partial charge in [0.05, 0.1) is 24.2 Å². The number of sulfone groups is 1. The topological polar surface area (TPSA) is 92.4 Å². The van der Waals surface area contributed by atoms with Crippen LogP contribution in [0.2, 0.25) is 0 Å². The van der Waals surface area contributed by atoms with Crippen molar-refractivity contribution in [3.8, 4) is 0 Å². The molecule has 0 saturated heterocycles. The first-order valence-corrected chi connectivity index (χ1v) is 10.5. The molecular formula is C17H28N2O4S. The molecule has 0 aromatic carbocycles. The summed E-state index contributed by atoms with van der Waals surface area (Å²) in [5.41, 5.74) is 1.59. The fourth-order valence-corrected chi connectivity index (χ4v) is 6.39. The average molecular weight is 356 g/mol. The summed E-state index contributed by atoms with van der Waals surface area (Å²) < 4.78 is 27.3. The Morgan fingerprint density at radius 1 is 1.29 bits per heavy atom. The lowest BCUT2D eigenvalue weighted by Gasteiger charge is -2.30. The summed E-state index contributed by atoms with van der Waals surface area (Å²) in [6, 6.07) is 0.0811. The van der Waals surface area contributed by atoms with Gasteiger partial charge in [-0.05, 0) is 57.8 Å². The molecular weight excluding hydrogens is 328 g/mol. The molecule has 2 N–H and O–H groups in total. The van der Waals surface area contributed by atoms with Gasteiger partial charge in [0.25, 0.3) is 0 Å². The van der Waals surface area contributed by atoms with E-state index < -0.39 is 28.3 Å². The maximum Gasteiger partial charge on any atom is 0.228 e. The van der Waals surface area contributed by atoms with Crippen molar-refractivity contribution in [1.82, 2.24) is 9.55 Å². The molecule has 2 aliphatic rings. The summed E-state index contributed by atoms with van der Waals surface area (Å²) in [6.45, 7) is 5.26. The number of hydrogen-bond acceptors (Lipinski definition) is 5. The Labute approximate surface area is 143 Å². The predicted molar refractivity (Wildman–Crippen MR) is 90.5 cm³/mol. The lowest BCUT2D eigenvalue weighted by molar-refractivity contribution is 0.112. The van der Waals surface area contributed by atoms with Crippen molar-refractivity contribution in [2.45, 2.75) is 63.8 Å². The van der Waals surface area contributed by atoms with E-state index in [1.807, 2.05) is 18.4 Å². The van der Waals surface area contributed by atoms with E-state index in [0.29, 0.717) is 17.5 Å². The molecule has 24 heavy (non-hydrogen) atoms. The fraction of sp³-hybridized carbons (Fsp3) is 0.824. The number of hydrogen-bond donors (Lipinski definition) is 2. The third kappa shape index (κ3) is 3.02. The fourth-order valence-electron chi connectivity index (χ4n) is 4.75. The molecule has 1 aromatic heterocycles. The van der Waals surface area contributed by atoms with E-state index in [-0.39, 0.29) is 11.2 Å². The van der Waals surface area contributed by atoms with E-state index in [9.17, 15) is 13.5 Å². The van der Waals surface area contributed by atoms with E-state index >= 15 is 0 Å². The van der Waals surface area contributed by atoms with Crippen molar-refractivity contribution in [2.75, 3.05) is 12.4 Å². The molecule has 0 spiro atoms. The van der Waals surface area contributed by atoms with Crippen LogP contribution < -0.4 is 0 Å². The molecule has 136 valence electrons. The second-order valence-electron chi connectivity index (χ2n) is 7.63. The van der Waals surface area contributed by atoms with Crippen LogP contribution in [0.3, 0.4) is 0 Å². The lowest BCUT2D eigenvalue weighted by Crippen LogP contribution is -2.29. The van der Waals surface area contributed by atoms with Gasteiger partial charge in [0.1, 0.15) is 0 Å². The number of aryl methyl sites for hydroxylation is 1. The highest BCUT2D eigenvalue weighted by molar-refractivity contribution is 7.91. The SMILES string of the molecule is Cc1nc(S(=O)(=O)C[C@H](O)CO)n([C@H](C)[C@@H]2C[C@H]3CC[C@H]2C3)c1C. The molecule has 0 amide bonds. The van der Waals surface area contributed by atoms with Gasteiger partial charge in [-0.2, -0.15) is 0 Å². The van der Waals surface area contributed by atoms with Crippen molar-refractivity contribution >= 4 is 9.84 Å². The molecule has 7 heteroatoms. The molecule has 1 heterocycles. The zero-order valence-corrected chi connectivity index (χ0v) is 15.5. The molecule has 5 atom stereocenters. The summed E-state index contributed by atoms with van der Waals surface area (Å²) >= 11 is 0. The molecule has 2 bridgehead atoms. The standard InChI is InChI=1S/C17H28N2O4S/c1-10-11(2)19(12(3)16-7-13-4-5-14(16)6-13)17(18-10)24(22,23)9-15(21)8-20/h12-16,20-21H,4-9H2,1-3H3/t12-,13+,14+,15-,16+/m1/s1. The van der Waals surface area contributed by atoms with Crippen LogP contribution in [0.25, 0.3) is 0 Å². The first kappa shape index (κ1) is 17.9. The predicted octanol–water partition coefficient (Wildman–Crippen LogP) is 1.62. The van der Waals surface area contributed by atoms with Crippen molar-refractivity contribution in [3.05, 3.63) is 11.4 Å². The second-order valence-corrected chi connectivity index (χ2v) is 9.56. The van der Waals surface area contributed by atoms with Crippen molar-refractivity contribution in [1.29, 1.82) is 0 Å². The van der Waals surface area contributed by atoms with Crippen LogP contribution in [-0.4, -0.2) is 46.6 Å². The molecule has 1 aromatic rings. The average Bonchev–Trinajstić information content (AvgIpc) is 3.22. The van der Waals surface area contributed by atoms with E-state index in [4.69, 9.17) is 5.11 Å². The Morgan fingerprint density at radius 3 is 2.54 bits per heavy atom. The van der Waals surface area contributed by atoms with Crippen LogP contribution in [0, 0.1) is 31.6 Å². The van der Waals surface area contributed by atoms with E-state index in [1.165, 1.54) is 25.7 Å². The van der Waals surface area contributed by atoms with Crippen molar-refractivity contribution < 1.29 is 18.6 Å². The Morgan fingerprint density at radius 2 is 2.00 bits per heavy atom. The summed E-state index contributed by atoms with van der Waals surface area (Å²) in [7, 11) is -3.75. The van der Waals surface area contributed by atoms with E-state index in [0.717, 1.165) is 11.6 Å². The Bertz CT molecular complexity index is 712. The first-order valence-electron chi connectivity index (χ1n) is 8.81. The third-order valence-electron chi connectivity index (χ3n) is 6.07. The molecule has 2 saturated carbocycles. The molecule has 3 rings (SSSR count). The van der Waals surface area contributed by atoms with Crippen molar-refractivity contribution in [2.24, 2.45) is 17.8 Å². The molecule has 2 aliphatic carbocycles. The number of rotatable bonds is 6. The maximum absolute atomic E-state index is 12.7. The first-order chi connectivity index (χ1) is 11.2. The number of nitrogens with zero attached hydrogens (tertiary/aromatic N) is 2. The van der Waals surface area contributed by atoms with E-state index in [1.54, 1.807) is 0 Å². The zero-order chi connectivity index (χ0) is 17.6. The van der Waals surface area contributed by atoms with Crippen LogP contribution in [0.5, 0.6) is 0 Å². The summed E-state index contributed by atoms with van der Waals surface area (Å²) in [5, 5.41) is 18.6. The Kier molecular flexibility index (Phi) is 4.79. The largest absolute Gasteiger partial charge is 0.394 e. The van der Waals surface area contributed by atoms with E-state index in [2.05, 4.69) is 11.9 Å². The van der Waals surface area contributed by atoms with Gasteiger partial charge in [0.2, 0.25) is 15.0 Å². The molecule has 2 fully saturated rings. The van der Waals surface area contributed by atoms with Crippen LogP contribution in [-0.2, 0) is 9.84 Å². The lowest BCUT2D eigenvalue weighted by atomic mass is 9.84. The Hall–Kier alpha value is -0.920. The third-order valence-corrected chi connectivity index (χ3v) is 7.74. The second kappa shape index (κ2) is 6.42. The van der Waals surface area contributed by atoms with Gasteiger partial charge in [-0.25, -0.2) is 13.4 Å². The molecule has 0 radical (unpaired) electrons. The molecule has 0 unspecified atom stereocenters. The molecule has 0 aliphatic heterocycles. The highest BCUT2D eigenvalue weighted by Gasteiger charge is 2.43. The number of aliphatic hydroxyl groups is 2. The normalized spacial score (nSPS) is 29.1. The van der Waals surface area contributed by atoms with Gasteiger partial charge >= 0.3 is 0 Å². The number of aromatic nitrogens is 2. The van der Waals surface area contributed by atoms with Gasteiger partial charge in [-0.3, -0.25) is 0 Å². The quantitative estimate of drug-likeness (QED) is 0.808. The van der Waals surface area contributed by atoms with Gasteiger partial charge < -0.3 is 14.8 Å². The van der Waals surface area contributed by atoms with Crippen LogP contribution >= 0.6 is 0 Å². The van der Waals surface area contributed by atoms with Crippen LogP contribution in [0.4, 0.5) is 0 Å². The number of fused-ring (bicyclic) bond motifs is 2. The number of imidazole rings is 1. The zero-order valence-electron chi connectivity index (χ0n) is 14.6. The summed E-state index contributed by atoms with van der Waals surface area (Å²) in [5.74, 6) is 1.48. The number of aliphatic hydroxyl groups excluding tert-OH is 2. The van der Waals surface area contributed by atoms with Crippen LogP contribution in [0.1, 0.15) is 50.0 Å². The summed E-state index contributed by atoms with van der Waals surface area (Å²) in [4.78, 5) is 4.31. The van der Waals surface area contributed by atoms with Crippen LogP contribution in [0.15, 0.2) is 5.16 Å². The van der Waals surface area contributed by atoms with Gasteiger partial charge in [0, 0.05) is 11.7 Å². The smallest absolute Gasteiger partial charge is 0.228 e. The minimum absolute atomic E-state index is 0.0419. The van der Waals surface area contributed by atoms with Gasteiger partial charge in [0.15, 0.2) is 0 Å². The highest BCUT2D eigenvalue weighted by atomic mass is 32.2. The highest BCUT2D eigenvalue weighted by Crippen LogP contribution is 2.52. The summed E-state index contributed by atoms with van der Waals surface area (Å²) in [6.07, 6.45) is 3.72. The maximum atomic E-state index is 12.7. The Balaban J connectivity index is 1.96. The monoisotopic (exact) mass is 356 g/mol.